The molecule has 1 unspecified atom stereocenters. The van der Waals surface area contributed by atoms with Crippen molar-refractivity contribution in [3.8, 4) is 0 Å². The molecule has 1 amide bonds. The summed E-state index contributed by atoms with van der Waals surface area (Å²) in [6.45, 7) is 3.59. The molecule has 0 bridgehead atoms. The van der Waals surface area contributed by atoms with Crippen LogP contribution < -0.4 is 5.32 Å². The second kappa shape index (κ2) is 8.02. The van der Waals surface area contributed by atoms with Crippen LogP contribution in [0, 0.1) is 5.82 Å². The highest BCUT2D eigenvalue weighted by atomic mass is 32.2. The van der Waals surface area contributed by atoms with Crippen molar-refractivity contribution in [3.05, 3.63) is 30.1 Å². The van der Waals surface area contributed by atoms with Crippen molar-refractivity contribution in [3.63, 3.8) is 0 Å². The average Bonchev–Trinajstić information content (AvgIpc) is 2.46. The number of hydrogen-bond acceptors (Lipinski definition) is 4. The van der Waals surface area contributed by atoms with Gasteiger partial charge in [-0.25, -0.2) is 9.18 Å². The van der Waals surface area contributed by atoms with Gasteiger partial charge in [0.05, 0.1) is 12.9 Å². The SMILES string of the molecule is CCCC(C)(NC(=O)CSc1ccc(F)cc1)C(=O)OC. The molecule has 1 aromatic rings. The zero-order chi connectivity index (χ0) is 15.9. The summed E-state index contributed by atoms with van der Waals surface area (Å²) in [5.74, 6) is -0.873. The van der Waals surface area contributed by atoms with Crippen molar-refractivity contribution in [2.24, 2.45) is 0 Å². The van der Waals surface area contributed by atoms with Gasteiger partial charge >= 0.3 is 5.97 Å². The topological polar surface area (TPSA) is 55.4 Å². The van der Waals surface area contributed by atoms with Gasteiger partial charge in [0.25, 0.3) is 0 Å². The fourth-order valence-corrected chi connectivity index (χ4v) is 2.66. The Bertz CT molecular complexity index is 492. The Balaban J connectivity index is 2.58. The molecule has 21 heavy (non-hydrogen) atoms. The van der Waals surface area contributed by atoms with Crippen molar-refractivity contribution >= 4 is 23.6 Å². The Morgan fingerprint density at radius 1 is 1.33 bits per heavy atom. The molecule has 0 saturated heterocycles. The highest BCUT2D eigenvalue weighted by Gasteiger charge is 2.34. The summed E-state index contributed by atoms with van der Waals surface area (Å²) < 4.78 is 17.5. The molecule has 0 fully saturated rings. The van der Waals surface area contributed by atoms with E-state index < -0.39 is 11.5 Å². The summed E-state index contributed by atoms with van der Waals surface area (Å²) in [7, 11) is 1.30. The average molecular weight is 313 g/mol. The van der Waals surface area contributed by atoms with Gasteiger partial charge in [0, 0.05) is 4.90 Å². The van der Waals surface area contributed by atoms with Crippen LogP contribution in [0.25, 0.3) is 0 Å². The van der Waals surface area contributed by atoms with Crippen LogP contribution in [-0.2, 0) is 14.3 Å². The number of hydrogen-bond donors (Lipinski definition) is 1. The lowest BCUT2D eigenvalue weighted by atomic mass is 9.96. The van der Waals surface area contributed by atoms with Crippen LogP contribution in [0.5, 0.6) is 0 Å². The Kier molecular flexibility index (Phi) is 6.68. The molecular weight excluding hydrogens is 293 g/mol. The third kappa shape index (κ3) is 5.38. The Morgan fingerprint density at radius 3 is 2.48 bits per heavy atom. The lowest BCUT2D eigenvalue weighted by molar-refractivity contribution is -0.150. The van der Waals surface area contributed by atoms with Crippen LogP contribution in [-0.4, -0.2) is 30.3 Å². The molecule has 0 radical (unpaired) electrons. The zero-order valence-electron chi connectivity index (χ0n) is 12.4. The maximum Gasteiger partial charge on any atom is 0.331 e. The van der Waals surface area contributed by atoms with Gasteiger partial charge < -0.3 is 10.1 Å². The molecule has 0 aromatic heterocycles. The highest BCUT2D eigenvalue weighted by Crippen LogP contribution is 2.19. The summed E-state index contributed by atoms with van der Waals surface area (Å²) >= 11 is 1.28. The number of methoxy groups -OCH3 is 1. The summed E-state index contributed by atoms with van der Waals surface area (Å²) in [6.07, 6.45) is 1.25. The van der Waals surface area contributed by atoms with E-state index >= 15 is 0 Å². The zero-order valence-corrected chi connectivity index (χ0v) is 13.3. The van der Waals surface area contributed by atoms with Crippen molar-refractivity contribution in [2.45, 2.75) is 37.1 Å². The number of rotatable bonds is 7. The first-order valence-electron chi connectivity index (χ1n) is 6.69. The molecular formula is C15H20FNO3S. The smallest absolute Gasteiger partial charge is 0.331 e. The van der Waals surface area contributed by atoms with Gasteiger partial charge in [-0.1, -0.05) is 13.3 Å². The molecule has 1 N–H and O–H groups in total. The maximum atomic E-state index is 12.8. The van der Waals surface area contributed by atoms with Gasteiger partial charge in [-0.05, 0) is 37.6 Å². The normalized spacial score (nSPS) is 13.3. The fourth-order valence-electron chi connectivity index (χ4n) is 1.96. The number of amides is 1. The molecule has 6 heteroatoms. The lowest BCUT2D eigenvalue weighted by Crippen LogP contribution is -2.53. The van der Waals surface area contributed by atoms with Crippen LogP contribution in [0.3, 0.4) is 0 Å². The molecule has 1 aromatic carbocycles. The summed E-state index contributed by atoms with van der Waals surface area (Å²) in [5, 5.41) is 2.72. The summed E-state index contributed by atoms with van der Waals surface area (Å²) in [5.41, 5.74) is -1.01. The second-order valence-electron chi connectivity index (χ2n) is 4.86. The van der Waals surface area contributed by atoms with Gasteiger partial charge in [0.2, 0.25) is 5.91 Å². The number of carbonyl (C=O) groups excluding carboxylic acids is 2. The van der Waals surface area contributed by atoms with Crippen molar-refractivity contribution in [1.29, 1.82) is 0 Å². The molecule has 0 spiro atoms. The maximum absolute atomic E-state index is 12.8. The van der Waals surface area contributed by atoms with E-state index in [0.29, 0.717) is 6.42 Å². The molecule has 0 aliphatic carbocycles. The third-order valence-corrected chi connectivity index (χ3v) is 4.00. The molecule has 1 rings (SSSR count). The molecule has 1 atom stereocenters. The van der Waals surface area contributed by atoms with E-state index in [-0.39, 0.29) is 17.5 Å². The molecule has 116 valence electrons. The first kappa shape index (κ1) is 17.5. The van der Waals surface area contributed by atoms with Gasteiger partial charge in [0.15, 0.2) is 0 Å². The monoisotopic (exact) mass is 313 g/mol. The Hall–Kier alpha value is -1.56. The van der Waals surface area contributed by atoms with Crippen LogP contribution in [0.15, 0.2) is 29.2 Å². The second-order valence-corrected chi connectivity index (χ2v) is 5.91. The van der Waals surface area contributed by atoms with Gasteiger partial charge in [-0.2, -0.15) is 0 Å². The minimum Gasteiger partial charge on any atom is -0.467 e. The standard InChI is InChI=1S/C15H20FNO3S/c1-4-9-15(2,14(19)20-3)17-13(18)10-21-12-7-5-11(16)6-8-12/h5-8H,4,9-10H2,1-3H3,(H,17,18). The minimum atomic E-state index is -1.01. The van der Waals surface area contributed by atoms with E-state index in [1.54, 1.807) is 19.1 Å². The van der Waals surface area contributed by atoms with E-state index in [9.17, 15) is 14.0 Å². The Labute approximate surface area is 128 Å². The molecule has 0 heterocycles. The van der Waals surface area contributed by atoms with Gasteiger partial charge in [-0.3, -0.25) is 4.79 Å². The van der Waals surface area contributed by atoms with Crippen molar-refractivity contribution < 1.29 is 18.7 Å². The highest BCUT2D eigenvalue weighted by molar-refractivity contribution is 8.00. The first-order valence-corrected chi connectivity index (χ1v) is 7.67. The van der Waals surface area contributed by atoms with E-state index in [0.717, 1.165) is 11.3 Å². The van der Waals surface area contributed by atoms with Gasteiger partial charge in [0.1, 0.15) is 11.4 Å². The number of thioether (sulfide) groups is 1. The quantitative estimate of drug-likeness (QED) is 0.621. The van der Waals surface area contributed by atoms with Crippen LogP contribution in [0.4, 0.5) is 4.39 Å². The molecule has 4 nitrogen and oxygen atoms in total. The first-order chi connectivity index (χ1) is 9.91. The van der Waals surface area contributed by atoms with E-state index in [1.165, 1.54) is 31.0 Å². The lowest BCUT2D eigenvalue weighted by Gasteiger charge is -2.27. The number of nitrogens with one attached hydrogen (secondary N) is 1. The van der Waals surface area contributed by atoms with E-state index in [2.05, 4.69) is 5.32 Å². The van der Waals surface area contributed by atoms with Crippen LogP contribution in [0.1, 0.15) is 26.7 Å². The molecule has 0 saturated carbocycles. The predicted octanol–water partition coefficient (Wildman–Crippen LogP) is 2.77. The van der Waals surface area contributed by atoms with Crippen LogP contribution in [0.2, 0.25) is 0 Å². The van der Waals surface area contributed by atoms with Crippen molar-refractivity contribution in [1.82, 2.24) is 5.32 Å². The fraction of sp³-hybridized carbons (Fsp3) is 0.467. The van der Waals surface area contributed by atoms with Gasteiger partial charge in [-0.15, -0.1) is 11.8 Å². The minimum absolute atomic E-state index is 0.155. The van der Waals surface area contributed by atoms with Crippen molar-refractivity contribution in [2.75, 3.05) is 12.9 Å². The Morgan fingerprint density at radius 2 is 1.95 bits per heavy atom. The van der Waals surface area contributed by atoms with Crippen LogP contribution >= 0.6 is 11.8 Å². The predicted molar refractivity (Wildman–Crippen MR) is 80.6 cm³/mol. The van der Waals surface area contributed by atoms with E-state index in [4.69, 9.17) is 4.74 Å². The largest absolute Gasteiger partial charge is 0.467 e. The molecule has 0 aliphatic heterocycles. The molecule has 0 aliphatic rings. The summed E-state index contributed by atoms with van der Waals surface area (Å²) in [4.78, 5) is 24.6. The van der Waals surface area contributed by atoms with E-state index in [1.807, 2.05) is 6.92 Å². The number of halogens is 1. The number of ether oxygens (including phenoxy) is 1. The third-order valence-electron chi connectivity index (χ3n) is 2.98. The summed E-state index contributed by atoms with van der Waals surface area (Å²) in [6, 6.07) is 5.91. The number of esters is 1. The number of benzene rings is 1. The number of carbonyl (C=O) groups is 2.